The van der Waals surface area contributed by atoms with Crippen molar-refractivity contribution in [3.63, 3.8) is 0 Å². The minimum absolute atomic E-state index is 0.113. The Kier molecular flexibility index (Phi) is 4.88. The van der Waals surface area contributed by atoms with Gasteiger partial charge in [0.25, 0.3) is 0 Å². The first-order valence-corrected chi connectivity index (χ1v) is 8.05. The van der Waals surface area contributed by atoms with E-state index in [2.05, 4.69) is 31.9 Å². The molecule has 1 aliphatic heterocycles. The smallest absolute Gasteiger partial charge is 0.246 e. The van der Waals surface area contributed by atoms with E-state index in [-0.39, 0.29) is 6.10 Å². The SMILES string of the molecule is CC(CN1CCN(c2n[nH]c(N)n2)CC1)Oc1ccc(Cl)cc1. The maximum absolute atomic E-state index is 5.93. The van der Waals surface area contributed by atoms with E-state index in [9.17, 15) is 0 Å². The topological polar surface area (TPSA) is 83.3 Å². The number of hydrogen-bond acceptors (Lipinski definition) is 6. The molecule has 1 saturated heterocycles. The minimum atomic E-state index is 0.113. The number of rotatable bonds is 5. The third kappa shape index (κ3) is 4.27. The molecular weight excluding hydrogens is 316 g/mol. The second-order valence-corrected chi connectivity index (χ2v) is 6.13. The molecule has 3 N–H and O–H groups in total. The van der Waals surface area contributed by atoms with Gasteiger partial charge in [-0.2, -0.15) is 4.98 Å². The van der Waals surface area contributed by atoms with Crippen LogP contribution in [0.5, 0.6) is 5.75 Å². The highest BCUT2D eigenvalue weighted by Crippen LogP contribution is 2.17. The van der Waals surface area contributed by atoms with Crippen LogP contribution in [0.25, 0.3) is 0 Å². The number of H-pyrrole nitrogens is 1. The zero-order valence-electron chi connectivity index (χ0n) is 13.1. The molecular formula is C15H21ClN6O. The van der Waals surface area contributed by atoms with Gasteiger partial charge in [0.15, 0.2) is 0 Å². The number of ether oxygens (including phenoxy) is 1. The van der Waals surface area contributed by atoms with Gasteiger partial charge >= 0.3 is 0 Å². The molecule has 2 heterocycles. The van der Waals surface area contributed by atoms with Crippen LogP contribution in [0.2, 0.25) is 5.02 Å². The monoisotopic (exact) mass is 336 g/mol. The largest absolute Gasteiger partial charge is 0.489 e. The van der Waals surface area contributed by atoms with Gasteiger partial charge in [-0.15, -0.1) is 5.10 Å². The van der Waals surface area contributed by atoms with Crippen molar-refractivity contribution in [2.75, 3.05) is 43.4 Å². The Morgan fingerprint density at radius 1 is 1.26 bits per heavy atom. The number of anilines is 2. The van der Waals surface area contributed by atoms with Gasteiger partial charge in [-0.3, -0.25) is 4.90 Å². The van der Waals surface area contributed by atoms with Crippen LogP contribution in [0.3, 0.4) is 0 Å². The van der Waals surface area contributed by atoms with Gasteiger partial charge < -0.3 is 15.4 Å². The lowest BCUT2D eigenvalue weighted by Gasteiger charge is -2.35. The van der Waals surface area contributed by atoms with Gasteiger partial charge in [-0.1, -0.05) is 11.6 Å². The van der Waals surface area contributed by atoms with Gasteiger partial charge in [0.1, 0.15) is 11.9 Å². The molecule has 124 valence electrons. The number of aromatic amines is 1. The first-order valence-electron chi connectivity index (χ1n) is 7.67. The lowest BCUT2D eigenvalue weighted by atomic mass is 10.2. The van der Waals surface area contributed by atoms with E-state index in [1.165, 1.54) is 0 Å². The number of piperazine rings is 1. The average Bonchev–Trinajstić information content (AvgIpc) is 2.97. The summed E-state index contributed by atoms with van der Waals surface area (Å²) in [7, 11) is 0. The number of aromatic nitrogens is 3. The normalized spacial score (nSPS) is 17.2. The molecule has 0 spiro atoms. The van der Waals surface area contributed by atoms with Gasteiger partial charge in [0.2, 0.25) is 11.9 Å². The van der Waals surface area contributed by atoms with Crippen LogP contribution in [0, 0.1) is 0 Å². The number of halogens is 1. The van der Waals surface area contributed by atoms with E-state index in [0.29, 0.717) is 16.9 Å². The Morgan fingerprint density at radius 3 is 2.57 bits per heavy atom. The van der Waals surface area contributed by atoms with Gasteiger partial charge in [0, 0.05) is 37.7 Å². The molecule has 1 aliphatic rings. The lowest BCUT2D eigenvalue weighted by molar-refractivity contribution is 0.140. The predicted octanol–water partition coefficient (Wildman–Crippen LogP) is 1.63. The summed E-state index contributed by atoms with van der Waals surface area (Å²) >= 11 is 5.88. The molecule has 1 fully saturated rings. The number of nitrogens with zero attached hydrogens (tertiary/aromatic N) is 4. The quantitative estimate of drug-likeness (QED) is 0.863. The average molecular weight is 337 g/mol. The van der Waals surface area contributed by atoms with Crippen molar-refractivity contribution < 1.29 is 4.74 Å². The summed E-state index contributed by atoms with van der Waals surface area (Å²) in [6, 6.07) is 7.46. The van der Waals surface area contributed by atoms with E-state index < -0.39 is 0 Å². The molecule has 0 radical (unpaired) electrons. The summed E-state index contributed by atoms with van der Waals surface area (Å²) in [5.41, 5.74) is 5.57. The first-order chi connectivity index (χ1) is 11.1. The number of nitrogen functional groups attached to an aromatic ring is 1. The number of hydrogen-bond donors (Lipinski definition) is 2. The Balaban J connectivity index is 1.45. The van der Waals surface area contributed by atoms with Crippen molar-refractivity contribution in [2.24, 2.45) is 0 Å². The first kappa shape index (κ1) is 15.9. The second kappa shape index (κ2) is 7.06. The van der Waals surface area contributed by atoms with Crippen LogP contribution in [-0.2, 0) is 0 Å². The van der Waals surface area contributed by atoms with E-state index in [1.807, 2.05) is 24.3 Å². The van der Waals surface area contributed by atoms with Crippen LogP contribution in [0.4, 0.5) is 11.9 Å². The number of nitrogens with one attached hydrogen (secondary N) is 1. The van der Waals surface area contributed by atoms with Crippen LogP contribution < -0.4 is 15.4 Å². The van der Waals surface area contributed by atoms with Crippen LogP contribution >= 0.6 is 11.6 Å². The van der Waals surface area contributed by atoms with E-state index >= 15 is 0 Å². The second-order valence-electron chi connectivity index (χ2n) is 5.69. The summed E-state index contributed by atoms with van der Waals surface area (Å²) in [5.74, 6) is 1.87. The van der Waals surface area contributed by atoms with Crippen molar-refractivity contribution in [3.05, 3.63) is 29.3 Å². The highest BCUT2D eigenvalue weighted by molar-refractivity contribution is 6.30. The van der Waals surface area contributed by atoms with E-state index in [0.717, 1.165) is 38.5 Å². The Morgan fingerprint density at radius 2 is 1.96 bits per heavy atom. The zero-order valence-corrected chi connectivity index (χ0v) is 13.8. The van der Waals surface area contributed by atoms with Crippen molar-refractivity contribution in [1.29, 1.82) is 0 Å². The Hall–Kier alpha value is -1.99. The molecule has 0 bridgehead atoms. The van der Waals surface area contributed by atoms with Crippen molar-refractivity contribution in [2.45, 2.75) is 13.0 Å². The Bertz CT molecular complexity index is 623. The van der Waals surface area contributed by atoms with Crippen LogP contribution in [0.15, 0.2) is 24.3 Å². The minimum Gasteiger partial charge on any atom is -0.489 e. The molecule has 0 aliphatic carbocycles. The van der Waals surface area contributed by atoms with Crippen LogP contribution in [-0.4, -0.2) is 58.9 Å². The molecule has 3 rings (SSSR count). The maximum Gasteiger partial charge on any atom is 0.246 e. The molecule has 7 nitrogen and oxygen atoms in total. The maximum atomic E-state index is 5.93. The van der Waals surface area contributed by atoms with E-state index in [1.54, 1.807) is 0 Å². The molecule has 23 heavy (non-hydrogen) atoms. The van der Waals surface area contributed by atoms with E-state index in [4.69, 9.17) is 22.1 Å². The molecule has 1 atom stereocenters. The van der Waals surface area contributed by atoms with Crippen LogP contribution in [0.1, 0.15) is 6.92 Å². The molecule has 1 aromatic carbocycles. The fraction of sp³-hybridized carbons (Fsp3) is 0.467. The lowest BCUT2D eigenvalue weighted by Crippen LogP contribution is -2.49. The molecule has 0 saturated carbocycles. The number of nitrogens with two attached hydrogens (primary N) is 1. The molecule has 1 unspecified atom stereocenters. The zero-order chi connectivity index (χ0) is 16.2. The fourth-order valence-electron chi connectivity index (χ4n) is 2.68. The summed E-state index contributed by atoms with van der Waals surface area (Å²) in [4.78, 5) is 8.68. The molecule has 2 aromatic rings. The van der Waals surface area contributed by atoms with Crippen molar-refractivity contribution in [3.8, 4) is 5.75 Å². The van der Waals surface area contributed by atoms with Crippen molar-refractivity contribution >= 4 is 23.5 Å². The summed E-state index contributed by atoms with van der Waals surface area (Å²) in [6.07, 6.45) is 0.113. The third-order valence-corrected chi connectivity index (χ3v) is 4.06. The van der Waals surface area contributed by atoms with Crippen molar-refractivity contribution in [1.82, 2.24) is 20.1 Å². The third-order valence-electron chi connectivity index (χ3n) is 3.81. The van der Waals surface area contributed by atoms with Gasteiger partial charge in [-0.05, 0) is 31.2 Å². The highest BCUT2D eigenvalue weighted by atomic mass is 35.5. The summed E-state index contributed by atoms with van der Waals surface area (Å²) < 4.78 is 5.93. The molecule has 8 heteroatoms. The van der Waals surface area contributed by atoms with Gasteiger partial charge in [0.05, 0.1) is 0 Å². The molecule has 0 amide bonds. The highest BCUT2D eigenvalue weighted by Gasteiger charge is 2.21. The molecule has 1 aromatic heterocycles. The number of benzene rings is 1. The Labute approximate surface area is 140 Å². The summed E-state index contributed by atoms with van der Waals surface area (Å²) in [6.45, 7) is 6.62. The predicted molar refractivity (Wildman–Crippen MR) is 91.0 cm³/mol. The summed E-state index contributed by atoms with van der Waals surface area (Å²) in [5, 5.41) is 7.49. The fourth-order valence-corrected chi connectivity index (χ4v) is 2.81. The standard InChI is InChI=1S/C15H21ClN6O/c1-11(23-13-4-2-12(16)3-5-13)10-21-6-8-22(9-7-21)15-18-14(17)19-20-15/h2-5,11H,6-10H2,1H3,(H3,17,18,19,20). The van der Waals surface area contributed by atoms with Gasteiger partial charge in [-0.25, -0.2) is 5.10 Å².